The molecule has 0 radical (unpaired) electrons. The van der Waals surface area contributed by atoms with Crippen LogP contribution in [0.2, 0.25) is 0 Å². The standard InChI is InChI=1S/C13H15BrFNS/c1-3-7-17-8-6-16-10(2)12-9-11(14)4-5-13(12)15/h1,4-5,9-10,16H,6-8H2,2H3. The fourth-order valence-electron chi connectivity index (χ4n) is 1.44. The fourth-order valence-corrected chi connectivity index (χ4v) is 2.34. The molecule has 1 nitrogen and oxygen atoms in total. The summed E-state index contributed by atoms with van der Waals surface area (Å²) in [6.07, 6.45) is 5.15. The molecule has 0 spiro atoms. The smallest absolute Gasteiger partial charge is 0.128 e. The molecule has 0 aliphatic heterocycles. The zero-order valence-corrected chi connectivity index (χ0v) is 12.1. The lowest BCUT2D eigenvalue weighted by molar-refractivity contribution is 0.542. The molecule has 1 rings (SSSR count). The summed E-state index contributed by atoms with van der Waals surface area (Å²) in [5.41, 5.74) is 0.682. The second kappa shape index (κ2) is 7.75. The molecular formula is C13H15BrFNS. The van der Waals surface area contributed by atoms with Gasteiger partial charge in [0.25, 0.3) is 0 Å². The van der Waals surface area contributed by atoms with E-state index in [0.29, 0.717) is 5.56 Å². The molecule has 1 atom stereocenters. The highest BCUT2D eigenvalue weighted by Gasteiger charge is 2.10. The summed E-state index contributed by atoms with van der Waals surface area (Å²) in [6.45, 7) is 2.77. The minimum Gasteiger partial charge on any atom is -0.309 e. The van der Waals surface area contributed by atoms with Crippen LogP contribution in [-0.4, -0.2) is 18.1 Å². The molecule has 0 aliphatic rings. The summed E-state index contributed by atoms with van der Waals surface area (Å²) in [4.78, 5) is 0. The first-order valence-electron chi connectivity index (χ1n) is 5.34. The van der Waals surface area contributed by atoms with E-state index in [9.17, 15) is 4.39 Å². The SMILES string of the molecule is C#CCSCCNC(C)c1cc(Br)ccc1F. The predicted molar refractivity (Wildman–Crippen MR) is 76.7 cm³/mol. The van der Waals surface area contributed by atoms with Gasteiger partial charge in [-0.25, -0.2) is 4.39 Å². The highest BCUT2D eigenvalue weighted by atomic mass is 79.9. The van der Waals surface area contributed by atoms with Crippen molar-refractivity contribution in [2.75, 3.05) is 18.1 Å². The molecule has 17 heavy (non-hydrogen) atoms. The van der Waals surface area contributed by atoms with Crippen LogP contribution in [0.4, 0.5) is 4.39 Å². The van der Waals surface area contributed by atoms with Gasteiger partial charge in [0.2, 0.25) is 0 Å². The molecule has 1 N–H and O–H groups in total. The number of hydrogen-bond acceptors (Lipinski definition) is 2. The number of halogens is 2. The van der Waals surface area contributed by atoms with Gasteiger partial charge in [0.15, 0.2) is 0 Å². The van der Waals surface area contributed by atoms with E-state index in [2.05, 4.69) is 27.2 Å². The van der Waals surface area contributed by atoms with Crippen LogP contribution in [0.3, 0.4) is 0 Å². The van der Waals surface area contributed by atoms with E-state index in [4.69, 9.17) is 6.42 Å². The summed E-state index contributed by atoms with van der Waals surface area (Å²) in [6, 6.07) is 4.99. The van der Waals surface area contributed by atoms with E-state index < -0.39 is 0 Å². The Labute approximate surface area is 115 Å². The van der Waals surface area contributed by atoms with Gasteiger partial charge in [-0.3, -0.25) is 0 Å². The minimum absolute atomic E-state index is 0.000985. The fraction of sp³-hybridized carbons (Fsp3) is 0.385. The molecule has 0 bridgehead atoms. The van der Waals surface area contributed by atoms with Gasteiger partial charge in [0.1, 0.15) is 5.82 Å². The first-order chi connectivity index (χ1) is 8.15. The zero-order chi connectivity index (χ0) is 12.7. The van der Waals surface area contributed by atoms with Gasteiger partial charge in [-0.1, -0.05) is 21.9 Å². The quantitative estimate of drug-likeness (QED) is 0.636. The highest BCUT2D eigenvalue weighted by Crippen LogP contribution is 2.21. The molecule has 0 aromatic heterocycles. The maximum Gasteiger partial charge on any atom is 0.128 e. The molecule has 92 valence electrons. The first-order valence-corrected chi connectivity index (χ1v) is 7.29. The summed E-state index contributed by atoms with van der Waals surface area (Å²) >= 11 is 5.04. The number of thioether (sulfide) groups is 1. The summed E-state index contributed by atoms with van der Waals surface area (Å²) in [5.74, 6) is 4.05. The summed E-state index contributed by atoms with van der Waals surface area (Å²) < 4.78 is 14.5. The molecule has 0 fully saturated rings. The van der Waals surface area contributed by atoms with E-state index in [0.717, 1.165) is 22.5 Å². The van der Waals surface area contributed by atoms with Crippen molar-refractivity contribution >= 4 is 27.7 Å². The molecule has 1 aromatic rings. The summed E-state index contributed by atoms with van der Waals surface area (Å²) in [5, 5.41) is 3.28. The Kier molecular flexibility index (Phi) is 6.64. The average Bonchev–Trinajstić information content (AvgIpc) is 2.32. The highest BCUT2D eigenvalue weighted by molar-refractivity contribution is 9.10. The van der Waals surface area contributed by atoms with Gasteiger partial charge in [0.05, 0.1) is 5.75 Å². The largest absolute Gasteiger partial charge is 0.309 e. The van der Waals surface area contributed by atoms with Crippen LogP contribution in [0.5, 0.6) is 0 Å². The van der Waals surface area contributed by atoms with Crippen molar-refractivity contribution < 1.29 is 4.39 Å². The van der Waals surface area contributed by atoms with Gasteiger partial charge < -0.3 is 5.32 Å². The average molecular weight is 316 g/mol. The van der Waals surface area contributed by atoms with Gasteiger partial charge in [-0.15, -0.1) is 18.2 Å². The Hall–Kier alpha value is -0.500. The van der Waals surface area contributed by atoms with E-state index in [-0.39, 0.29) is 11.9 Å². The second-order valence-corrected chi connectivity index (χ2v) is 5.62. The predicted octanol–water partition coefficient (Wildman–Crippen LogP) is 3.61. The number of benzene rings is 1. The van der Waals surface area contributed by atoms with Crippen LogP contribution < -0.4 is 5.32 Å². The van der Waals surface area contributed by atoms with Crippen LogP contribution >= 0.6 is 27.7 Å². The van der Waals surface area contributed by atoms with Gasteiger partial charge in [-0.05, 0) is 25.1 Å². The van der Waals surface area contributed by atoms with Crippen molar-refractivity contribution in [2.45, 2.75) is 13.0 Å². The molecule has 0 heterocycles. The lowest BCUT2D eigenvalue weighted by Crippen LogP contribution is -2.22. The monoisotopic (exact) mass is 315 g/mol. The van der Waals surface area contributed by atoms with Crippen molar-refractivity contribution in [2.24, 2.45) is 0 Å². The third-order valence-corrected chi connectivity index (χ3v) is 3.66. The third-order valence-electron chi connectivity index (χ3n) is 2.31. The van der Waals surface area contributed by atoms with Crippen molar-refractivity contribution in [1.82, 2.24) is 5.32 Å². The maximum absolute atomic E-state index is 13.6. The lowest BCUT2D eigenvalue weighted by Gasteiger charge is -2.15. The van der Waals surface area contributed by atoms with Crippen LogP contribution in [-0.2, 0) is 0 Å². The van der Waals surface area contributed by atoms with Crippen LogP contribution in [0.25, 0.3) is 0 Å². The van der Waals surface area contributed by atoms with Gasteiger partial charge >= 0.3 is 0 Å². The Morgan fingerprint density at radius 3 is 3.06 bits per heavy atom. The molecular weight excluding hydrogens is 301 g/mol. The van der Waals surface area contributed by atoms with Crippen molar-refractivity contribution in [3.63, 3.8) is 0 Å². The minimum atomic E-state index is -0.176. The molecule has 0 aliphatic carbocycles. The summed E-state index contributed by atoms with van der Waals surface area (Å²) in [7, 11) is 0. The lowest BCUT2D eigenvalue weighted by atomic mass is 10.1. The van der Waals surface area contributed by atoms with Gasteiger partial charge in [-0.2, -0.15) is 0 Å². The molecule has 0 amide bonds. The molecule has 4 heteroatoms. The van der Waals surface area contributed by atoms with Crippen molar-refractivity contribution in [3.05, 3.63) is 34.1 Å². The van der Waals surface area contributed by atoms with Crippen molar-refractivity contribution in [1.29, 1.82) is 0 Å². The third kappa shape index (κ3) is 5.12. The molecule has 1 unspecified atom stereocenters. The van der Waals surface area contributed by atoms with Crippen LogP contribution in [0.1, 0.15) is 18.5 Å². The van der Waals surface area contributed by atoms with Gasteiger partial charge in [0, 0.05) is 28.4 Å². The normalized spacial score (nSPS) is 12.1. The first kappa shape index (κ1) is 14.6. The number of rotatable bonds is 6. The van der Waals surface area contributed by atoms with Crippen LogP contribution in [0, 0.1) is 18.2 Å². The van der Waals surface area contributed by atoms with E-state index >= 15 is 0 Å². The van der Waals surface area contributed by atoms with E-state index in [1.807, 2.05) is 13.0 Å². The Morgan fingerprint density at radius 1 is 1.59 bits per heavy atom. The van der Waals surface area contributed by atoms with E-state index in [1.54, 1.807) is 17.8 Å². The maximum atomic E-state index is 13.6. The zero-order valence-electron chi connectivity index (χ0n) is 9.67. The molecule has 0 saturated heterocycles. The molecule has 0 saturated carbocycles. The number of nitrogens with one attached hydrogen (secondary N) is 1. The topological polar surface area (TPSA) is 12.0 Å². The second-order valence-electron chi connectivity index (χ2n) is 3.60. The van der Waals surface area contributed by atoms with Crippen molar-refractivity contribution in [3.8, 4) is 12.3 Å². The van der Waals surface area contributed by atoms with Crippen LogP contribution in [0.15, 0.2) is 22.7 Å². The van der Waals surface area contributed by atoms with E-state index in [1.165, 1.54) is 6.07 Å². The Bertz CT molecular complexity index is 403. The Morgan fingerprint density at radius 2 is 2.35 bits per heavy atom. The molecule has 1 aromatic carbocycles. The Balaban J connectivity index is 2.44. The number of terminal acetylenes is 1. The number of hydrogen-bond donors (Lipinski definition) is 1.